The third kappa shape index (κ3) is 3.74. The molecule has 23 heavy (non-hydrogen) atoms. The van der Waals surface area contributed by atoms with Crippen molar-refractivity contribution in [2.45, 2.75) is 24.9 Å². The summed E-state index contributed by atoms with van der Waals surface area (Å²) in [6, 6.07) is 9.64. The maximum Gasteiger partial charge on any atom is 0.225 e. The number of aliphatic hydroxyl groups is 1. The van der Waals surface area contributed by atoms with E-state index in [0.717, 1.165) is 24.8 Å². The summed E-state index contributed by atoms with van der Waals surface area (Å²) >= 11 is 0. The summed E-state index contributed by atoms with van der Waals surface area (Å²) in [5, 5.41) is 14.3. The standard InChI is InChI=1S/C18H25NO4/c20-17(14-6-9-23-12-14)19-13-18(21,15-4-2-1-3-5-15)16-7-10-22-11-8-16/h1-5,14,16,21H,6-13H2,(H,19,20)/t14-,18+/m1/s1. The second kappa shape index (κ2) is 7.43. The van der Waals surface area contributed by atoms with Crippen molar-refractivity contribution in [1.29, 1.82) is 0 Å². The molecule has 1 aromatic carbocycles. The van der Waals surface area contributed by atoms with Gasteiger partial charge >= 0.3 is 0 Å². The Kier molecular flexibility index (Phi) is 5.30. The van der Waals surface area contributed by atoms with Gasteiger partial charge in [0.25, 0.3) is 0 Å². The van der Waals surface area contributed by atoms with Crippen molar-refractivity contribution in [2.75, 3.05) is 33.0 Å². The number of hydrogen-bond donors (Lipinski definition) is 2. The third-order valence-corrected chi connectivity index (χ3v) is 5.00. The van der Waals surface area contributed by atoms with Crippen LogP contribution in [0.25, 0.3) is 0 Å². The maximum absolute atomic E-state index is 12.3. The number of nitrogens with one attached hydrogen (secondary N) is 1. The predicted molar refractivity (Wildman–Crippen MR) is 85.8 cm³/mol. The topological polar surface area (TPSA) is 67.8 Å². The zero-order chi connectivity index (χ0) is 16.1. The summed E-state index contributed by atoms with van der Waals surface area (Å²) in [5.74, 6) is -0.0348. The molecule has 0 aromatic heterocycles. The van der Waals surface area contributed by atoms with Crippen molar-refractivity contribution in [1.82, 2.24) is 5.32 Å². The Bertz CT molecular complexity index is 509. The first kappa shape index (κ1) is 16.4. The molecule has 2 atom stereocenters. The molecule has 2 heterocycles. The summed E-state index contributed by atoms with van der Waals surface area (Å²) in [6.07, 6.45) is 2.36. The van der Waals surface area contributed by atoms with Gasteiger partial charge in [-0.25, -0.2) is 0 Å². The van der Waals surface area contributed by atoms with E-state index in [2.05, 4.69) is 5.32 Å². The molecule has 0 bridgehead atoms. The highest BCUT2D eigenvalue weighted by atomic mass is 16.5. The van der Waals surface area contributed by atoms with Gasteiger partial charge in [-0.3, -0.25) is 4.79 Å². The molecule has 126 valence electrons. The lowest BCUT2D eigenvalue weighted by molar-refractivity contribution is -0.128. The molecule has 5 nitrogen and oxygen atoms in total. The highest BCUT2D eigenvalue weighted by molar-refractivity contribution is 5.79. The largest absolute Gasteiger partial charge is 0.383 e. The number of rotatable bonds is 5. The molecule has 3 rings (SSSR count). The zero-order valence-electron chi connectivity index (χ0n) is 13.4. The number of benzene rings is 1. The van der Waals surface area contributed by atoms with Crippen LogP contribution < -0.4 is 5.32 Å². The Balaban J connectivity index is 1.73. The van der Waals surface area contributed by atoms with E-state index in [0.29, 0.717) is 26.4 Å². The molecular weight excluding hydrogens is 294 g/mol. The van der Waals surface area contributed by atoms with E-state index in [1.165, 1.54) is 0 Å². The Hall–Kier alpha value is -1.43. The Labute approximate surface area is 137 Å². The molecule has 2 saturated heterocycles. The van der Waals surface area contributed by atoms with E-state index in [4.69, 9.17) is 9.47 Å². The van der Waals surface area contributed by atoms with Gasteiger partial charge in [0, 0.05) is 19.8 Å². The number of hydrogen-bond acceptors (Lipinski definition) is 4. The van der Waals surface area contributed by atoms with Crippen LogP contribution in [-0.2, 0) is 19.9 Å². The summed E-state index contributed by atoms with van der Waals surface area (Å²) in [6.45, 7) is 2.67. The van der Waals surface area contributed by atoms with Crippen LogP contribution in [0.2, 0.25) is 0 Å². The van der Waals surface area contributed by atoms with E-state index < -0.39 is 5.60 Å². The van der Waals surface area contributed by atoms with Gasteiger partial charge in [0.05, 0.1) is 19.1 Å². The second-order valence-corrected chi connectivity index (χ2v) is 6.46. The maximum atomic E-state index is 12.3. The lowest BCUT2D eigenvalue weighted by atomic mass is 9.77. The van der Waals surface area contributed by atoms with Gasteiger partial charge in [0.15, 0.2) is 0 Å². The quantitative estimate of drug-likeness (QED) is 0.862. The summed E-state index contributed by atoms with van der Waals surface area (Å²) in [5.41, 5.74) is -0.199. The van der Waals surface area contributed by atoms with E-state index >= 15 is 0 Å². The fourth-order valence-corrected chi connectivity index (χ4v) is 3.49. The van der Waals surface area contributed by atoms with Gasteiger partial charge in [0.2, 0.25) is 5.91 Å². The normalized spacial score (nSPS) is 25.0. The minimum absolute atomic E-state index is 0.0242. The highest BCUT2D eigenvalue weighted by Gasteiger charge is 2.40. The average molecular weight is 319 g/mol. The van der Waals surface area contributed by atoms with Gasteiger partial charge in [0.1, 0.15) is 5.60 Å². The van der Waals surface area contributed by atoms with Crippen LogP contribution >= 0.6 is 0 Å². The van der Waals surface area contributed by atoms with Gasteiger partial charge in [-0.15, -0.1) is 0 Å². The van der Waals surface area contributed by atoms with E-state index in [1.54, 1.807) is 0 Å². The van der Waals surface area contributed by atoms with Crippen LogP contribution in [0, 0.1) is 11.8 Å². The molecule has 2 aliphatic heterocycles. The van der Waals surface area contributed by atoms with Crippen molar-refractivity contribution in [3.05, 3.63) is 35.9 Å². The van der Waals surface area contributed by atoms with Crippen LogP contribution in [-0.4, -0.2) is 44.0 Å². The first-order valence-electron chi connectivity index (χ1n) is 8.41. The Morgan fingerprint density at radius 2 is 1.83 bits per heavy atom. The first-order valence-corrected chi connectivity index (χ1v) is 8.41. The molecule has 2 N–H and O–H groups in total. The number of ether oxygens (including phenoxy) is 2. The molecule has 1 aromatic rings. The molecule has 0 unspecified atom stereocenters. The predicted octanol–water partition coefficient (Wildman–Crippen LogP) is 1.45. The SMILES string of the molecule is O=C(NC[C@](O)(c1ccccc1)C1CCOCC1)[C@@H]1CCOC1. The second-order valence-electron chi connectivity index (χ2n) is 6.46. The smallest absolute Gasteiger partial charge is 0.225 e. The fraction of sp³-hybridized carbons (Fsp3) is 0.611. The van der Waals surface area contributed by atoms with Crippen molar-refractivity contribution >= 4 is 5.91 Å². The zero-order valence-corrected chi connectivity index (χ0v) is 13.4. The molecule has 0 radical (unpaired) electrons. The fourth-order valence-electron chi connectivity index (χ4n) is 3.49. The highest BCUT2D eigenvalue weighted by Crippen LogP contribution is 2.35. The van der Waals surface area contributed by atoms with Crippen molar-refractivity contribution in [3.8, 4) is 0 Å². The summed E-state index contributed by atoms with van der Waals surface area (Å²) < 4.78 is 10.7. The van der Waals surface area contributed by atoms with Gasteiger partial charge in [-0.2, -0.15) is 0 Å². The van der Waals surface area contributed by atoms with E-state index in [-0.39, 0.29) is 24.3 Å². The van der Waals surface area contributed by atoms with E-state index in [1.807, 2.05) is 30.3 Å². The molecule has 2 fully saturated rings. The van der Waals surface area contributed by atoms with Crippen LogP contribution in [0.3, 0.4) is 0 Å². The van der Waals surface area contributed by atoms with Crippen molar-refractivity contribution < 1.29 is 19.4 Å². The summed E-state index contributed by atoms with van der Waals surface area (Å²) in [7, 11) is 0. The monoisotopic (exact) mass is 319 g/mol. The molecule has 5 heteroatoms. The van der Waals surface area contributed by atoms with Gasteiger partial charge in [-0.1, -0.05) is 30.3 Å². The third-order valence-electron chi connectivity index (χ3n) is 5.00. The molecule has 0 spiro atoms. The molecule has 2 aliphatic rings. The van der Waals surface area contributed by atoms with Crippen LogP contribution in [0.5, 0.6) is 0 Å². The Morgan fingerprint density at radius 3 is 2.48 bits per heavy atom. The summed E-state index contributed by atoms with van der Waals surface area (Å²) in [4.78, 5) is 12.3. The van der Waals surface area contributed by atoms with Crippen LogP contribution in [0.15, 0.2) is 30.3 Å². The van der Waals surface area contributed by atoms with Crippen molar-refractivity contribution in [2.24, 2.45) is 11.8 Å². The Morgan fingerprint density at radius 1 is 1.13 bits per heavy atom. The van der Waals surface area contributed by atoms with Gasteiger partial charge in [-0.05, 0) is 30.7 Å². The van der Waals surface area contributed by atoms with Crippen LogP contribution in [0.4, 0.5) is 0 Å². The number of amides is 1. The minimum Gasteiger partial charge on any atom is -0.383 e. The first-order chi connectivity index (χ1) is 11.2. The molecule has 0 aliphatic carbocycles. The lowest BCUT2D eigenvalue weighted by Gasteiger charge is -2.39. The van der Waals surface area contributed by atoms with Gasteiger partial charge < -0.3 is 19.9 Å². The lowest BCUT2D eigenvalue weighted by Crippen LogP contribution is -2.48. The van der Waals surface area contributed by atoms with E-state index in [9.17, 15) is 9.90 Å². The number of carbonyl (C=O) groups excluding carboxylic acids is 1. The molecule has 1 amide bonds. The van der Waals surface area contributed by atoms with Crippen molar-refractivity contribution in [3.63, 3.8) is 0 Å². The van der Waals surface area contributed by atoms with Crippen LogP contribution in [0.1, 0.15) is 24.8 Å². The molecule has 0 saturated carbocycles. The average Bonchev–Trinajstić information content (AvgIpc) is 3.16. The number of carbonyl (C=O) groups is 1. The molecular formula is C18H25NO4. The minimum atomic E-state index is -1.06.